The number of hydrogen-bond acceptors (Lipinski definition) is 3. The van der Waals surface area contributed by atoms with E-state index in [2.05, 4.69) is 29.2 Å². The first-order valence-electron chi connectivity index (χ1n) is 6.93. The van der Waals surface area contributed by atoms with E-state index in [0.29, 0.717) is 11.8 Å². The van der Waals surface area contributed by atoms with E-state index in [1.807, 2.05) is 6.92 Å². The first-order valence-corrected chi connectivity index (χ1v) is 6.93. The molecule has 2 aliphatic rings. The van der Waals surface area contributed by atoms with Gasteiger partial charge in [-0.2, -0.15) is 0 Å². The average Bonchev–Trinajstić information content (AvgIpc) is 2.92. The smallest absolute Gasteiger partial charge is 0.0588 e. The molecule has 0 bridgehead atoms. The van der Waals surface area contributed by atoms with Gasteiger partial charge in [0, 0.05) is 30.7 Å². The van der Waals surface area contributed by atoms with Gasteiger partial charge in [0.1, 0.15) is 0 Å². The molecule has 1 aromatic rings. The Morgan fingerprint density at radius 2 is 1.94 bits per heavy atom. The Morgan fingerprint density at radius 3 is 2.56 bits per heavy atom. The third kappa shape index (κ3) is 2.02. The van der Waals surface area contributed by atoms with Gasteiger partial charge in [0.25, 0.3) is 0 Å². The minimum absolute atomic E-state index is 0.0802. The number of aliphatic hydroxyl groups excluding tert-OH is 1. The van der Waals surface area contributed by atoms with Gasteiger partial charge in [0.15, 0.2) is 0 Å². The summed E-state index contributed by atoms with van der Waals surface area (Å²) in [5.74, 6) is 1.17. The third-order valence-corrected chi connectivity index (χ3v) is 4.60. The van der Waals surface area contributed by atoms with E-state index < -0.39 is 0 Å². The molecule has 1 aliphatic carbocycles. The van der Waals surface area contributed by atoms with Crippen LogP contribution in [-0.2, 0) is 0 Å². The van der Waals surface area contributed by atoms with Crippen molar-refractivity contribution in [2.24, 2.45) is 17.6 Å². The SMILES string of the molecule is C[C@H](N)c1ccc(N2CC3CCC(O)C3C2)cc1. The van der Waals surface area contributed by atoms with Crippen molar-refractivity contribution >= 4 is 5.69 Å². The summed E-state index contributed by atoms with van der Waals surface area (Å²) in [6, 6.07) is 8.65. The Morgan fingerprint density at radius 1 is 1.22 bits per heavy atom. The Balaban J connectivity index is 1.73. The minimum Gasteiger partial charge on any atom is -0.393 e. The lowest BCUT2D eigenvalue weighted by Crippen LogP contribution is -2.24. The fourth-order valence-electron chi connectivity index (χ4n) is 3.44. The lowest BCUT2D eigenvalue weighted by Gasteiger charge is -2.21. The maximum Gasteiger partial charge on any atom is 0.0588 e. The Labute approximate surface area is 109 Å². The monoisotopic (exact) mass is 246 g/mol. The molecule has 0 spiro atoms. The quantitative estimate of drug-likeness (QED) is 0.838. The van der Waals surface area contributed by atoms with Crippen molar-refractivity contribution < 1.29 is 5.11 Å². The molecule has 18 heavy (non-hydrogen) atoms. The topological polar surface area (TPSA) is 49.5 Å². The van der Waals surface area contributed by atoms with Gasteiger partial charge >= 0.3 is 0 Å². The molecule has 2 fully saturated rings. The first kappa shape index (κ1) is 12.0. The Kier molecular flexibility index (Phi) is 3.04. The molecular formula is C15H22N2O. The molecule has 98 valence electrons. The standard InChI is InChI=1S/C15H22N2O/c1-10(16)11-2-5-13(6-3-11)17-8-12-4-7-15(18)14(12)9-17/h2-3,5-6,10,12,14-15,18H,4,7-9,16H2,1H3/t10-,12?,14?,15?/m0/s1. The van der Waals surface area contributed by atoms with Crippen molar-refractivity contribution in [3.63, 3.8) is 0 Å². The molecule has 0 aromatic heterocycles. The zero-order valence-electron chi connectivity index (χ0n) is 10.9. The van der Waals surface area contributed by atoms with Crippen molar-refractivity contribution in [2.75, 3.05) is 18.0 Å². The molecule has 1 aromatic carbocycles. The zero-order chi connectivity index (χ0) is 12.7. The van der Waals surface area contributed by atoms with Gasteiger partial charge in [0.2, 0.25) is 0 Å². The summed E-state index contributed by atoms with van der Waals surface area (Å²) in [6.07, 6.45) is 2.09. The molecular weight excluding hydrogens is 224 g/mol. The molecule has 1 aliphatic heterocycles. The molecule has 3 N–H and O–H groups in total. The van der Waals surface area contributed by atoms with Gasteiger partial charge in [-0.3, -0.25) is 0 Å². The summed E-state index contributed by atoms with van der Waals surface area (Å²) in [5.41, 5.74) is 8.31. The zero-order valence-corrected chi connectivity index (χ0v) is 10.9. The number of aliphatic hydroxyl groups is 1. The van der Waals surface area contributed by atoms with Crippen LogP contribution in [0.25, 0.3) is 0 Å². The van der Waals surface area contributed by atoms with Gasteiger partial charge < -0.3 is 15.7 Å². The van der Waals surface area contributed by atoms with E-state index in [-0.39, 0.29) is 12.1 Å². The fraction of sp³-hybridized carbons (Fsp3) is 0.600. The molecule has 4 atom stereocenters. The van der Waals surface area contributed by atoms with Crippen molar-refractivity contribution in [1.29, 1.82) is 0 Å². The van der Waals surface area contributed by atoms with E-state index in [4.69, 9.17) is 5.73 Å². The predicted octanol–water partition coefficient (Wildman–Crippen LogP) is 1.91. The van der Waals surface area contributed by atoms with Crippen LogP contribution < -0.4 is 10.6 Å². The van der Waals surface area contributed by atoms with Crippen molar-refractivity contribution in [2.45, 2.75) is 31.9 Å². The molecule has 3 unspecified atom stereocenters. The van der Waals surface area contributed by atoms with E-state index in [1.165, 1.54) is 17.7 Å². The highest BCUT2D eigenvalue weighted by atomic mass is 16.3. The molecule has 1 saturated heterocycles. The second-order valence-corrected chi connectivity index (χ2v) is 5.85. The third-order valence-electron chi connectivity index (χ3n) is 4.60. The van der Waals surface area contributed by atoms with Crippen molar-refractivity contribution in [1.82, 2.24) is 0 Å². The molecule has 0 amide bonds. The maximum atomic E-state index is 9.94. The lowest BCUT2D eigenvalue weighted by atomic mass is 10.00. The summed E-state index contributed by atoms with van der Waals surface area (Å²) in [4.78, 5) is 2.41. The van der Waals surface area contributed by atoms with Crippen LogP contribution in [0, 0.1) is 11.8 Å². The van der Waals surface area contributed by atoms with Crippen LogP contribution in [0.5, 0.6) is 0 Å². The Hall–Kier alpha value is -1.06. The number of hydrogen-bond donors (Lipinski definition) is 2. The van der Waals surface area contributed by atoms with Gasteiger partial charge in [-0.25, -0.2) is 0 Å². The van der Waals surface area contributed by atoms with Crippen molar-refractivity contribution in [3.8, 4) is 0 Å². The number of anilines is 1. The van der Waals surface area contributed by atoms with Crippen LogP contribution in [0.4, 0.5) is 5.69 Å². The number of fused-ring (bicyclic) bond motifs is 1. The number of rotatable bonds is 2. The fourth-order valence-corrected chi connectivity index (χ4v) is 3.44. The number of benzene rings is 1. The van der Waals surface area contributed by atoms with E-state index >= 15 is 0 Å². The van der Waals surface area contributed by atoms with E-state index in [9.17, 15) is 5.11 Å². The molecule has 3 rings (SSSR count). The maximum absolute atomic E-state index is 9.94. The average molecular weight is 246 g/mol. The van der Waals surface area contributed by atoms with Crippen LogP contribution in [0.1, 0.15) is 31.4 Å². The van der Waals surface area contributed by atoms with Gasteiger partial charge in [-0.1, -0.05) is 12.1 Å². The summed E-state index contributed by atoms with van der Waals surface area (Å²) in [7, 11) is 0. The highest BCUT2D eigenvalue weighted by Crippen LogP contribution is 2.39. The first-order chi connectivity index (χ1) is 8.65. The van der Waals surface area contributed by atoms with Gasteiger partial charge in [0.05, 0.1) is 6.10 Å². The van der Waals surface area contributed by atoms with Gasteiger partial charge in [-0.05, 0) is 43.4 Å². The predicted molar refractivity (Wildman–Crippen MR) is 73.5 cm³/mol. The number of nitrogens with two attached hydrogens (primary N) is 1. The van der Waals surface area contributed by atoms with E-state index in [1.54, 1.807) is 0 Å². The second-order valence-electron chi connectivity index (χ2n) is 5.85. The highest BCUT2D eigenvalue weighted by Gasteiger charge is 2.41. The Bertz CT molecular complexity index is 415. The summed E-state index contributed by atoms with van der Waals surface area (Å²) >= 11 is 0. The van der Waals surface area contributed by atoms with Crippen LogP contribution in [0.2, 0.25) is 0 Å². The van der Waals surface area contributed by atoms with Crippen molar-refractivity contribution in [3.05, 3.63) is 29.8 Å². The van der Waals surface area contributed by atoms with Crippen LogP contribution in [0.3, 0.4) is 0 Å². The highest BCUT2D eigenvalue weighted by molar-refractivity contribution is 5.49. The van der Waals surface area contributed by atoms with Crippen LogP contribution in [-0.4, -0.2) is 24.3 Å². The molecule has 3 heteroatoms. The summed E-state index contributed by atoms with van der Waals surface area (Å²) < 4.78 is 0. The molecule has 0 radical (unpaired) electrons. The van der Waals surface area contributed by atoms with Crippen LogP contribution in [0.15, 0.2) is 24.3 Å². The normalized spacial score (nSPS) is 32.6. The largest absolute Gasteiger partial charge is 0.393 e. The summed E-state index contributed by atoms with van der Waals surface area (Å²) in [6.45, 7) is 4.11. The summed E-state index contributed by atoms with van der Waals surface area (Å²) in [5, 5.41) is 9.94. The van der Waals surface area contributed by atoms with E-state index in [0.717, 1.165) is 19.5 Å². The number of nitrogens with zero attached hydrogens (tertiary/aromatic N) is 1. The minimum atomic E-state index is -0.0802. The second kappa shape index (κ2) is 4.56. The molecule has 1 heterocycles. The van der Waals surface area contributed by atoms with Gasteiger partial charge in [-0.15, -0.1) is 0 Å². The molecule has 1 saturated carbocycles. The van der Waals surface area contributed by atoms with Crippen LogP contribution >= 0.6 is 0 Å². The molecule has 3 nitrogen and oxygen atoms in total. The lowest BCUT2D eigenvalue weighted by molar-refractivity contribution is 0.133.